The molecule has 0 saturated heterocycles. The van der Waals surface area contributed by atoms with Crippen molar-refractivity contribution in [2.75, 3.05) is 0 Å². The highest BCUT2D eigenvalue weighted by Crippen LogP contribution is 2.38. The van der Waals surface area contributed by atoms with Crippen LogP contribution in [0.3, 0.4) is 0 Å². The Morgan fingerprint density at radius 3 is 1.49 bits per heavy atom. The minimum atomic E-state index is -4.68. The molecule has 0 radical (unpaired) electrons. The smallest absolute Gasteiger partial charge is 0.432 e. The van der Waals surface area contributed by atoms with Crippen molar-refractivity contribution in [2.24, 2.45) is 0 Å². The fourth-order valence-electron chi connectivity index (χ4n) is 4.25. The minimum absolute atomic E-state index is 0.0624. The fraction of sp³-hybridized carbons (Fsp3) is 0.0625. The molecular formula is C32H19F7O2. The van der Waals surface area contributed by atoms with E-state index in [0.717, 1.165) is 11.1 Å². The first-order valence-corrected chi connectivity index (χ1v) is 12.2. The number of benzene rings is 5. The van der Waals surface area contributed by atoms with Crippen molar-refractivity contribution in [2.45, 2.75) is 12.2 Å². The predicted molar refractivity (Wildman–Crippen MR) is 138 cm³/mol. The Labute approximate surface area is 230 Å². The molecule has 5 rings (SSSR count). The van der Waals surface area contributed by atoms with Crippen LogP contribution in [0.2, 0.25) is 0 Å². The first-order valence-electron chi connectivity index (χ1n) is 12.2. The Morgan fingerprint density at radius 2 is 1.00 bits per heavy atom. The van der Waals surface area contributed by atoms with Crippen molar-refractivity contribution in [3.8, 4) is 22.6 Å². The number of rotatable bonds is 8. The molecule has 0 amide bonds. The first kappa shape index (κ1) is 27.8. The highest BCUT2D eigenvalue weighted by atomic mass is 19.3. The van der Waals surface area contributed by atoms with E-state index in [0.29, 0.717) is 23.4 Å². The van der Waals surface area contributed by atoms with Crippen LogP contribution in [0.15, 0.2) is 109 Å². The van der Waals surface area contributed by atoms with E-state index in [-0.39, 0.29) is 17.7 Å². The lowest BCUT2D eigenvalue weighted by molar-refractivity contribution is -0.189. The lowest BCUT2D eigenvalue weighted by atomic mass is 10.0. The summed E-state index contributed by atoms with van der Waals surface area (Å²) in [6.45, 7) is 0. The van der Waals surface area contributed by atoms with Gasteiger partial charge in [-0.3, -0.25) is 0 Å². The third-order valence-electron chi connectivity index (χ3n) is 6.18. The van der Waals surface area contributed by atoms with Gasteiger partial charge in [-0.2, -0.15) is 8.78 Å². The van der Waals surface area contributed by atoms with Gasteiger partial charge in [-0.05, 0) is 46.5 Å². The van der Waals surface area contributed by atoms with Crippen molar-refractivity contribution in [1.29, 1.82) is 0 Å². The highest BCUT2D eigenvalue weighted by molar-refractivity contribution is 5.65. The maximum absolute atomic E-state index is 14.8. The van der Waals surface area contributed by atoms with Crippen LogP contribution in [0.5, 0.6) is 11.5 Å². The summed E-state index contributed by atoms with van der Waals surface area (Å²) in [7, 11) is 0. The molecule has 2 nitrogen and oxygen atoms in total. The molecule has 5 aromatic rings. The first-order chi connectivity index (χ1) is 19.6. The predicted octanol–water partition coefficient (Wildman–Crippen LogP) is 9.35. The lowest BCUT2D eigenvalue weighted by Gasteiger charge is -2.21. The summed E-state index contributed by atoms with van der Waals surface area (Å²) in [6.07, 6.45) is -5.12. The topological polar surface area (TPSA) is 18.5 Å². The molecule has 0 fully saturated rings. The molecule has 208 valence electrons. The summed E-state index contributed by atoms with van der Waals surface area (Å²) in [5, 5.41) is 0. The van der Waals surface area contributed by atoms with Crippen LogP contribution >= 0.6 is 0 Å². The normalized spacial score (nSPS) is 11.5. The molecule has 0 saturated carbocycles. The average Bonchev–Trinajstić information content (AvgIpc) is 2.95. The molecule has 0 spiro atoms. The van der Waals surface area contributed by atoms with Gasteiger partial charge >= 0.3 is 6.11 Å². The second-order valence-electron chi connectivity index (χ2n) is 8.98. The van der Waals surface area contributed by atoms with E-state index in [9.17, 15) is 30.7 Å². The van der Waals surface area contributed by atoms with Crippen LogP contribution in [0.4, 0.5) is 30.7 Å². The Hall–Kier alpha value is -4.79. The van der Waals surface area contributed by atoms with Gasteiger partial charge in [0.15, 0.2) is 17.5 Å². The van der Waals surface area contributed by atoms with Crippen LogP contribution in [0.1, 0.15) is 22.8 Å². The summed E-state index contributed by atoms with van der Waals surface area (Å²) >= 11 is 0. The summed E-state index contributed by atoms with van der Waals surface area (Å²) in [5.74, 6) is -9.56. The molecule has 9 heteroatoms. The molecule has 0 aromatic heterocycles. The van der Waals surface area contributed by atoms with Gasteiger partial charge in [-0.1, -0.05) is 72.8 Å². The molecule has 0 bridgehead atoms. The van der Waals surface area contributed by atoms with Crippen molar-refractivity contribution in [1.82, 2.24) is 0 Å². The second-order valence-corrected chi connectivity index (χ2v) is 8.98. The van der Waals surface area contributed by atoms with E-state index in [4.69, 9.17) is 4.74 Å². The van der Waals surface area contributed by atoms with Crippen molar-refractivity contribution in [3.05, 3.63) is 155 Å². The van der Waals surface area contributed by atoms with Crippen LogP contribution < -0.4 is 9.47 Å². The summed E-state index contributed by atoms with van der Waals surface area (Å²) in [5.41, 5.74) is 0.255. The molecule has 0 atom stereocenters. The lowest BCUT2D eigenvalue weighted by Crippen LogP contribution is -2.25. The van der Waals surface area contributed by atoms with E-state index < -0.39 is 52.6 Å². The minimum Gasteiger partial charge on any atom is -0.481 e. The molecular weight excluding hydrogens is 549 g/mol. The molecule has 41 heavy (non-hydrogen) atoms. The zero-order valence-electron chi connectivity index (χ0n) is 20.9. The zero-order chi connectivity index (χ0) is 29.1. The van der Waals surface area contributed by atoms with Gasteiger partial charge in [0.05, 0.1) is 0 Å². The van der Waals surface area contributed by atoms with E-state index in [1.807, 2.05) is 60.7 Å². The number of hydrogen-bond acceptors (Lipinski definition) is 2. The van der Waals surface area contributed by atoms with E-state index in [1.165, 1.54) is 12.1 Å². The number of halogens is 7. The van der Waals surface area contributed by atoms with Crippen LogP contribution in [-0.4, -0.2) is 0 Å². The van der Waals surface area contributed by atoms with Gasteiger partial charge in [-0.25, -0.2) is 22.0 Å². The Kier molecular flexibility index (Phi) is 7.70. The Bertz CT molecular complexity index is 1570. The largest absolute Gasteiger partial charge is 0.481 e. The summed E-state index contributed by atoms with van der Waals surface area (Å²) in [4.78, 5) is 0. The fourth-order valence-corrected chi connectivity index (χ4v) is 4.25. The zero-order valence-corrected chi connectivity index (χ0v) is 20.9. The van der Waals surface area contributed by atoms with E-state index >= 15 is 0 Å². The SMILES string of the molecule is Fc1cc(OC(F)(F)c2c(F)cc(-c3ccc(OC(c4ccccc4)c4ccccc4)cc3)cc2F)cc(F)c1F. The quantitative estimate of drug-likeness (QED) is 0.137. The van der Waals surface area contributed by atoms with Crippen LogP contribution in [0.25, 0.3) is 11.1 Å². The monoisotopic (exact) mass is 568 g/mol. The third-order valence-corrected chi connectivity index (χ3v) is 6.18. The Morgan fingerprint density at radius 1 is 0.512 bits per heavy atom. The van der Waals surface area contributed by atoms with Gasteiger partial charge in [0.2, 0.25) is 0 Å². The number of alkyl halides is 2. The number of hydrogen-bond donors (Lipinski definition) is 0. The van der Waals surface area contributed by atoms with Crippen LogP contribution in [0, 0.1) is 29.1 Å². The third kappa shape index (κ3) is 6.04. The van der Waals surface area contributed by atoms with Gasteiger partial charge < -0.3 is 9.47 Å². The van der Waals surface area contributed by atoms with Crippen molar-refractivity contribution < 1.29 is 40.2 Å². The summed E-state index contributed by atoms with van der Waals surface area (Å²) < 4.78 is 109. The second kappa shape index (κ2) is 11.4. The molecule has 0 aliphatic carbocycles. The molecule has 0 aliphatic rings. The van der Waals surface area contributed by atoms with Crippen LogP contribution in [-0.2, 0) is 6.11 Å². The van der Waals surface area contributed by atoms with E-state index in [1.54, 1.807) is 12.1 Å². The maximum Gasteiger partial charge on any atom is 0.432 e. The van der Waals surface area contributed by atoms with Crippen molar-refractivity contribution >= 4 is 0 Å². The van der Waals surface area contributed by atoms with Gasteiger partial charge in [0.25, 0.3) is 0 Å². The summed E-state index contributed by atoms with van der Waals surface area (Å²) in [6, 6.07) is 26.8. The Balaban J connectivity index is 1.39. The molecule has 0 aliphatic heterocycles. The van der Waals surface area contributed by atoms with Gasteiger partial charge in [0, 0.05) is 12.1 Å². The highest BCUT2D eigenvalue weighted by Gasteiger charge is 2.41. The maximum atomic E-state index is 14.8. The van der Waals surface area contributed by atoms with Crippen molar-refractivity contribution in [3.63, 3.8) is 0 Å². The van der Waals surface area contributed by atoms with Gasteiger partial charge in [-0.15, -0.1) is 0 Å². The molecule has 5 aromatic carbocycles. The molecule has 0 heterocycles. The average molecular weight is 568 g/mol. The number of ether oxygens (including phenoxy) is 2. The standard InChI is InChI=1S/C32H19F7O2/c33-25-15-22(16-26(34)29(25)32(38,39)41-24-17-27(35)30(37)28(36)18-24)19-11-13-23(14-12-19)40-31(20-7-3-1-4-8-20)21-9-5-2-6-10-21/h1-18,31H. The van der Waals surface area contributed by atoms with E-state index in [2.05, 4.69) is 4.74 Å². The molecule has 0 N–H and O–H groups in total. The van der Waals surface area contributed by atoms with Gasteiger partial charge in [0.1, 0.15) is 34.8 Å². The molecule has 0 unspecified atom stereocenters.